The average Bonchev–Trinajstić information content (AvgIpc) is 2.70. The second-order valence-electron chi connectivity index (χ2n) is 4.64. The summed E-state index contributed by atoms with van der Waals surface area (Å²) in [6.45, 7) is 3.91. The van der Waals surface area contributed by atoms with Crippen molar-refractivity contribution in [3.8, 4) is 0 Å². The van der Waals surface area contributed by atoms with Crippen LogP contribution in [0.3, 0.4) is 0 Å². The number of fused-ring (bicyclic) bond motifs is 1. The summed E-state index contributed by atoms with van der Waals surface area (Å²) in [5, 5.41) is 0. The first-order valence-electron chi connectivity index (χ1n) is 5.57. The topological polar surface area (TPSA) is 12.5 Å². The van der Waals surface area contributed by atoms with Gasteiger partial charge in [0.1, 0.15) is 4.11 Å². The number of alkyl halides is 1. The van der Waals surface area contributed by atoms with E-state index in [9.17, 15) is 8.78 Å². The van der Waals surface area contributed by atoms with Crippen LogP contribution in [0, 0.1) is 0 Å². The van der Waals surface area contributed by atoms with Crippen molar-refractivity contribution in [1.82, 2.24) is 4.90 Å². The van der Waals surface area contributed by atoms with Gasteiger partial charge >= 0.3 is 0 Å². The molecule has 2 aliphatic rings. The number of halogens is 3. The fraction of sp³-hybridized carbons (Fsp3) is 0.818. The fourth-order valence-electron chi connectivity index (χ4n) is 2.74. The Kier molecular flexibility index (Phi) is 3.86. The van der Waals surface area contributed by atoms with Gasteiger partial charge in [0.05, 0.1) is 6.61 Å². The number of hydrogen-bond donors (Lipinski definition) is 0. The summed E-state index contributed by atoms with van der Waals surface area (Å²) in [6.07, 6.45) is 1.07. The summed E-state index contributed by atoms with van der Waals surface area (Å²) in [7, 11) is 0. The Balaban J connectivity index is 2.09. The Bertz CT molecular complexity index is 304. The number of hydrogen-bond acceptors (Lipinski definition) is 2. The molecule has 2 fully saturated rings. The summed E-state index contributed by atoms with van der Waals surface area (Å²) in [5.74, 6) is 0. The smallest absolute Gasteiger partial charge is 0.270 e. The maximum absolute atomic E-state index is 12.6. The molecule has 2 saturated heterocycles. The molecule has 0 aromatic carbocycles. The lowest BCUT2D eigenvalue weighted by molar-refractivity contribution is 0.0348. The Labute approximate surface area is 108 Å². The molecule has 2 aliphatic heterocycles. The van der Waals surface area contributed by atoms with Gasteiger partial charge in [-0.2, -0.15) is 8.78 Å². The Morgan fingerprint density at radius 2 is 2.38 bits per heavy atom. The van der Waals surface area contributed by atoms with E-state index in [2.05, 4.69) is 27.5 Å². The minimum atomic E-state index is -1.49. The van der Waals surface area contributed by atoms with Gasteiger partial charge in [-0.15, -0.1) is 0 Å². The lowest BCUT2D eigenvalue weighted by atomic mass is 9.94. The monoisotopic (exact) mass is 343 g/mol. The van der Waals surface area contributed by atoms with Crippen molar-refractivity contribution in [2.75, 3.05) is 19.7 Å². The van der Waals surface area contributed by atoms with Gasteiger partial charge in [0.15, 0.2) is 0 Å². The van der Waals surface area contributed by atoms with Gasteiger partial charge < -0.3 is 4.74 Å². The molecule has 0 radical (unpaired) electrons. The van der Waals surface area contributed by atoms with E-state index in [0.29, 0.717) is 25.1 Å². The van der Waals surface area contributed by atoms with Crippen LogP contribution in [0.2, 0.25) is 0 Å². The minimum absolute atomic E-state index is 0.137. The summed E-state index contributed by atoms with van der Waals surface area (Å²) < 4.78 is 31.0. The normalized spacial score (nSPS) is 31.9. The van der Waals surface area contributed by atoms with Crippen LogP contribution < -0.4 is 0 Å². The van der Waals surface area contributed by atoms with Crippen molar-refractivity contribution in [1.29, 1.82) is 0 Å². The molecule has 0 N–H and O–H groups in total. The van der Waals surface area contributed by atoms with Crippen molar-refractivity contribution < 1.29 is 13.5 Å². The predicted molar refractivity (Wildman–Crippen MR) is 66.8 cm³/mol. The first-order valence-corrected chi connectivity index (χ1v) is 6.82. The molecule has 0 amide bonds. The summed E-state index contributed by atoms with van der Waals surface area (Å²) in [4.78, 5) is 2.17. The van der Waals surface area contributed by atoms with Gasteiger partial charge in [0.25, 0.3) is 6.08 Å². The molecule has 2 heterocycles. The second kappa shape index (κ2) is 4.86. The van der Waals surface area contributed by atoms with Crippen LogP contribution >= 0.6 is 22.6 Å². The van der Waals surface area contributed by atoms with Gasteiger partial charge in [0.2, 0.25) is 0 Å². The fourth-order valence-corrected chi connectivity index (χ4v) is 2.92. The van der Waals surface area contributed by atoms with E-state index in [1.54, 1.807) is 0 Å². The lowest BCUT2D eigenvalue weighted by Gasteiger charge is -2.31. The standard InChI is InChI=1S/C11H16F2INO/c1-8(14)16-7-11-3-2-4-15(11)6-9(5-11)10(12)13/h8H,2-7H2,1H3. The first kappa shape index (κ1) is 12.7. The van der Waals surface area contributed by atoms with E-state index in [1.165, 1.54) is 0 Å². The van der Waals surface area contributed by atoms with Crippen molar-refractivity contribution >= 4 is 22.6 Å². The third-order valence-corrected chi connectivity index (χ3v) is 3.87. The quantitative estimate of drug-likeness (QED) is 0.577. The molecule has 0 aromatic rings. The molecule has 2 atom stereocenters. The van der Waals surface area contributed by atoms with E-state index < -0.39 is 6.08 Å². The maximum Gasteiger partial charge on any atom is 0.270 e. The number of rotatable bonds is 3. The van der Waals surface area contributed by atoms with Crippen LogP contribution in [0.4, 0.5) is 8.78 Å². The van der Waals surface area contributed by atoms with Gasteiger partial charge in [-0.1, -0.05) is 22.6 Å². The Hall–Kier alpha value is 0.250. The molecular formula is C11H16F2INO. The van der Waals surface area contributed by atoms with Crippen molar-refractivity contribution in [3.63, 3.8) is 0 Å². The van der Waals surface area contributed by atoms with E-state index in [-0.39, 0.29) is 9.65 Å². The SMILES string of the molecule is CC(I)OCC12CCCN1CC(=C(F)F)C2. The maximum atomic E-state index is 12.6. The zero-order valence-electron chi connectivity index (χ0n) is 9.31. The lowest BCUT2D eigenvalue weighted by Crippen LogP contribution is -2.42. The highest BCUT2D eigenvalue weighted by atomic mass is 127. The zero-order valence-corrected chi connectivity index (χ0v) is 11.5. The molecule has 0 spiro atoms. The van der Waals surface area contributed by atoms with Gasteiger partial charge in [-0.25, -0.2) is 0 Å². The first-order chi connectivity index (χ1) is 7.53. The second-order valence-corrected chi connectivity index (χ2v) is 6.40. The molecule has 0 aromatic heterocycles. The third kappa shape index (κ3) is 2.41. The highest BCUT2D eigenvalue weighted by Crippen LogP contribution is 2.43. The van der Waals surface area contributed by atoms with Gasteiger partial charge in [0, 0.05) is 17.7 Å². The van der Waals surface area contributed by atoms with Crippen molar-refractivity contribution in [3.05, 3.63) is 11.7 Å². The van der Waals surface area contributed by atoms with Crippen LogP contribution in [0.1, 0.15) is 26.2 Å². The van der Waals surface area contributed by atoms with Crippen LogP contribution in [-0.4, -0.2) is 34.2 Å². The largest absolute Gasteiger partial charge is 0.366 e. The molecule has 2 rings (SSSR count). The van der Waals surface area contributed by atoms with Crippen LogP contribution in [0.25, 0.3) is 0 Å². The van der Waals surface area contributed by atoms with Gasteiger partial charge in [-0.05, 0) is 32.7 Å². The van der Waals surface area contributed by atoms with E-state index in [1.807, 2.05) is 6.92 Å². The molecule has 2 nitrogen and oxygen atoms in total. The number of ether oxygens (including phenoxy) is 1. The molecule has 92 valence electrons. The predicted octanol–water partition coefficient (Wildman–Crippen LogP) is 3.17. The molecule has 2 unspecified atom stereocenters. The van der Waals surface area contributed by atoms with Crippen molar-refractivity contribution in [2.24, 2.45) is 0 Å². The van der Waals surface area contributed by atoms with Crippen molar-refractivity contribution in [2.45, 2.75) is 35.8 Å². The third-order valence-electron chi connectivity index (χ3n) is 3.51. The number of nitrogens with zero attached hydrogens (tertiary/aromatic N) is 1. The summed E-state index contributed by atoms with van der Waals surface area (Å²) in [5.41, 5.74) is 0.169. The summed E-state index contributed by atoms with van der Waals surface area (Å²) in [6, 6.07) is 0. The highest BCUT2D eigenvalue weighted by molar-refractivity contribution is 14.1. The molecule has 0 saturated carbocycles. The molecule has 0 aliphatic carbocycles. The molecule has 0 bridgehead atoms. The van der Waals surface area contributed by atoms with Crippen LogP contribution in [0.5, 0.6) is 0 Å². The highest BCUT2D eigenvalue weighted by Gasteiger charge is 2.47. The zero-order chi connectivity index (χ0) is 11.8. The molecule has 16 heavy (non-hydrogen) atoms. The van der Waals surface area contributed by atoms with E-state index in [0.717, 1.165) is 19.4 Å². The Morgan fingerprint density at radius 3 is 3.00 bits per heavy atom. The molecular weight excluding hydrogens is 327 g/mol. The van der Waals surface area contributed by atoms with E-state index in [4.69, 9.17) is 4.74 Å². The average molecular weight is 343 g/mol. The van der Waals surface area contributed by atoms with E-state index >= 15 is 0 Å². The van der Waals surface area contributed by atoms with Crippen LogP contribution in [-0.2, 0) is 4.74 Å². The Morgan fingerprint density at radius 1 is 1.62 bits per heavy atom. The molecule has 5 heteroatoms. The minimum Gasteiger partial charge on any atom is -0.366 e. The van der Waals surface area contributed by atoms with Crippen LogP contribution in [0.15, 0.2) is 11.7 Å². The van der Waals surface area contributed by atoms with Gasteiger partial charge in [-0.3, -0.25) is 4.90 Å². The summed E-state index contributed by atoms with van der Waals surface area (Å²) >= 11 is 2.20.